The summed E-state index contributed by atoms with van der Waals surface area (Å²) in [5.41, 5.74) is 0. The maximum atomic E-state index is 3.62. The molecule has 0 aromatic heterocycles. The van der Waals surface area contributed by atoms with Gasteiger partial charge in [-0.15, -0.1) is 12.4 Å². The van der Waals surface area contributed by atoms with E-state index < -0.39 is 0 Å². The summed E-state index contributed by atoms with van der Waals surface area (Å²) in [4.78, 5) is 0. The van der Waals surface area contributed by atoms with E-state index in [2.05, 4.69) is 12.2 Å². The van der Waals surface area contributed by atoms with Crippen LogP contribution in [0.4, 0.5) is 0 Å². The van der Waals surface area contributed by atoms with Gasteiger partial charge < -0.3 is 5.32 Å². The third kappa shape index (κ3) is 1.46. The second kappa shape index (κ2) is 3.10. The van der Waals surface area contributed by atoms with Gasteiger partial charge in [-0.1, -0.05) is 6.92 Å². The fraction of sp³-hybridized carbons (Fsp3) is 1.00. The molecule has 60 valence electrons. The highest BCUT2D eigenvalue weighted by Gasteiger charge is 2.30. The SMILES string of the molecule is CC1CC2CCC(C1)N2.Cl. The van der Waals surface area contributed by atoms with Crippen molar-refractivity contribution < 1.29 is 0 Å². The molecule has 0 aromatic carbocycles. The molecule has 2 unspecified atom stereocenters. The molecule has 0 aromatic rings. The van der Waals surface area contributed by atoms with Gasteiger partial charge in [-0.2, -0.15) is 0 Å². The molecule has 0 amide bonds. The minimum atomic E-state index is 0. The Balaban J connectivity index is 0.000000500. The van der Waals surface area contributed by atoms with E-state index in [1.165, 1.54) is 25.7 Å². The first-order valence-electron chi connectivity index (χ1n) is 4.10. The standard InChI is InChI=1S/C8H15N.ClH/c1-6-4-7-2-3-8(5-6)9-7;/h6-9H,2-5H2,1H3;1H. The molecule has 1 nitrogen and oxygen atoms in total. The molecule has 0 aliphatic carbocycles. The number of nitrogens with one attached hydrogen (secondary N) is 1. The van der Waals surface area contributed by atoms with Gasteiger partial charge in [-0.05, 0) is 31.6 Å². The fourth-order valence-electron chi connectivity index (χ4n) is 2.34. The molecule has 0 spiro atoms. The van der Waals surface area contributed by atoms with E-state index in [9.17, 15) is 0 Å². The van der Waals surface area contributed by atoms with Crippen LogP contribution in [0.5, 0.6) is 0 Å². The number of fused-ring (bicyclic) bond motifs is 2. The Labute approximate surface area is 69.0 Å². The van der Waals surface area contributed by atoms with Crippen LogP contribution in [0, 0.1) is 5.92 Å². The molecule has 2 aliphatic rings. The zero-order valence-corrected chi connectivity index (χ0v) is 7.29. The highest BCUT2D eigenvalue weighted by molar-refractivity contribution is 5.85. The van der Waals surface area contributed by atoms with Crippen LogP contribution in [0.25, 0.3) is 0 Å². The maximum Gasteiger partial charge on any atom is 0.00727 e. The van der Waals surface area contributed by atoms with Crippen LogP contribution < -0.4 is 5.32 Å². The molecular formula is C8H16ClN. The number of rotatable bonds is 0. The van der Waals surface area contributed by atoms with Gasteiger partial charge in [0.1, 0.15) is 0 Å². The van der Waals surface area contributed by atoms with Gasteiger partial charge in [0.05, 0.1) is 0 Å². The first-order chi connectivity index (χ1) is 4.34. The second-order valence-electron chi connectivity index (χ2n) is 3.71. The monoisotopic (exact) mass is 161 g/mol. The van der Waals surface area contributed by atoms with Crippen LogP contribution in [0.3, 0.4) is 0 Å². The zero-order valence-electron chi connectivity index (χ0n) is 6.47. The van der Waals surface area contributed by atoms with Crippen LogP contribution >= 0.6 is 12.4 Å². The normalized spacial score (nSPS) is 44.7. The highest BCUT2D eigenvalue weighted by atomic mass is 35.5. The highest BCUT2D eigenvalue weighted by Crippen LogP contribution is 2.29. The lowest BCUT2D eigenvalue weighted by Gasteiger charge is -2.25. The average molecular weight is 162 g/mol. The average Bonchev–Trinajstić information content (AvgIpc) is 2.11. The smallest absolute Gasteiger partial charge is 0.00727 e. The Hall–Kier alpha value is 0.250. The molecule has 2 saturated heterocycles. The summed E-state index contributed by atoms with van der Waals surface area (Å²) in [7, 11) is 0. The number of halogens is 1. The van der Waals surface area contributed by atoms with Gasteiger partial charge in [0, 0.05) is 12.1 Å². The molecule has 2 rings (SSSR count). The van der Waals surface area contributed by atoms with Crippen molar-refractivity contribution in [1.82, 2.24) is 5.32 Å². The van der Waals surface area contributed by atoms with E-state index in [1.54, 1.807) is 0 Å². The van der Waals surface area contributed by atoms with E-state index in [4.69, 9.17) is 0 Å². The van der Waals surface area contributed by atoms with E-state index in [0.717, 1.165) is 18.0 Å². The summed E-state index contributed by atoms with van der Waals surface area (Å²) < 4.78 is 0. The molecule has 10 heavy (non-hydrogen) atoms. The Morgan fingerprint density at radius 3 is 2.10 bits per heavy atom. The van der Waals surface area contributed by atoms with E-state index >= 15 is 0 Å². The molecule has 2 heteroatoms. The molecule has 0 saturated carbocycles. The summed E-state index contributed by atoms with van der Waals surface area (Å²) in [6.07, 6.45) is 5.73. The van der Waals surface area contributed by atoms with E-state index in [1.807, 2.05) is 0 Å². The Morgan fingerprint density at radius 2 is 1.60 bits per heavy atom. The van der Waals surface area contributed by atoms with Crippen molar-refractivity contribution in [3.63, 3.8) is 0 Å². The number of piperidine rings is 1. The molecular weight excluding hydrogens is 146 g/mol. The molecule has 2 bridgehead atoms. The predicted octanol–water partition coefficient (Wildman–Crippen LogP) is 1.96. The third-order valence-corrected chi connectivity index (χ3v) is 2.71. The van der Waals surface area contributed by atoms with Crippen molar-refractivity contribution in [2.45, 2.75) is 44.7 Å². The minimum Gasteiger partial charge on any atom is -0.311 e. The second-order valence-corrected chi connectivity index (χ2v) is 3.71. The summed E-state index contributed by atoms with van der Waals surface area (Å²) in [5, 5.41) is 3.62. The van der Waals surface area contributed by atoms with E-state index in [-0.39, 0.29) is 12.4 Å². The topological polar surface area (TPSA) is 12.0 Å². The van der Waals surface area contributed by atoms with Crippen LogP contribution in [0.2, 0.25) is 0 Å². The van der Waals surface area contributed by atoms with Crippen molar-refractivity contribution in [3.05, 3.63) is 0 Å². The number of hydrogen-bond acceptors (Lipinski definition) is 1. The molecule has 1 N–H and O–H groups in total. The van der Waals surface area contributed by atoms with Crippen molar-refractivity contribution in [2.24, 2.45) is 5.92 Å². The zero-order chi connectivity index (χ0) is 6.27. The van der Waals surface area contributed by atoms with Crippen LogP contribution in [-0.4, -0.2) is 12.1 Å². The fourth-order valence-corrected chi connectivity index (χ4v) is 2.34. The quantitative estimate of drug-likeness (QED) is 0.573. The molecule has 2 heterocycles. The minimum absolute atomic E-state index is 0. The molecule has 2 fully saturated rings. The van der Waals surface area contributed by atoms with Gasteiger partial charge >= 0.3 is 0 Å². The summed E-state index contributed by atoms with van der Waals surface area (Å²) >= 11 is 0. The Bertz CT molecular complexity index is 104. The van der Waals surface area contributed by atoms with Crippen molar-refractivity contribution >= 4 is 12.4 Å². The lowest BCUT2D eigenvalue weighted by molar-refractivity contribution is 0.319. The van der Waals surface area contributed by atoms with Gasteiger partial charge in [0.2, 0.25) is 0 Å². The lowest BCUT2D eigenvalue weighted by Crippen LogP contribution is -2.37. The van der Waals surface area contributed by atoms with Crippen molar-refractivity contribution in [2.75, 3.05) is 0 Å². The number of hydrogen-bond donors (Lipinski definition) is 1. The van der Waals surface area contributed by atoms with E-state index in [0.29, 0.717) is 0 Å². The predicted molar refractivity (Wildman–Crippen MR) is 45.6 cm³/mol. The first-order valence-corrected chi connectivity index (χ1v) is 4.10. The first kappa shape index (κ1) is 8.35. The molecule has 2 aliphatic heterocycles. The van der Waals surface area contributed by atoms with Crippen LogP contribution in [-0.2, 0) is 0 Å². The molecule has 0 radical (unpaired) electrons. The molecule has 2 atom stereocenters. The summed E-state index contributed by atoms with van der Waals surface area (Å²) in [5.74, 6) is 0.990. The summed E-state index contributed by atoms with van der Waals surface area (Å²) in [6, 6.07) is 1.78. The Morgan fingerprint density at radius 1 is 1.10 bits per heavy atom. The van der Waals surface area contributed by atoms with Gasteiger partial charge in [0.15, 0.2) is 0 Å². The third-order valence-electron chi connectivity index (χ3n) is 2.71. The van der Waals surface area contributed by atoms with Crippen LogP contribution in [0.1, 0.15) is 32.6 Å². The lowest BCUT2D eigenvalue weighted by atomic mass is 9.95. The largest absolute Gasteiger partial charge is 0.311 e. The van der Waals surface area contributed by atoms with Crippen molar-refractivity contribution in [1.29, 1.82) is 0 Å². The summed E-state index contributed by atoms with van der Waals surface area (Å²) in [6.45, 7) is 2.38. The Kier molecular flexibility index (Phi) is 2.59. The van der Waals surface area contributed by atoms with Gasteiger partial charge in [-0.3, -0.25) is 0 Å². The van der Waals surface area contributed by atoms with Crippen LogP contribution in [0.15, 0.2) is 0 Å². The van der Waals surface area contributed by atoms with Gasteiger partial charge in [0.25, 0.3) is 0 Å². The maximum absolute atomic E-state index is 3.62. The van der Waals surface area contributed by atoms with Gasteiger partial charge in [-0.25, -0.2) is 0 Å². The van der Waals surface area contributed by atoms with Crippen molar-refractivity contribution in [3.8, 4) is 0 Å².